The number of primary amides is 2. The summed E-state index contributed by atoms with van der Waals surface area (Å²) in [5.74, 6) is -0.965. The number of imidazole rings is 1. The van der Waals surface area contributed by atoms with Gasteiger partial charge in [0.05, 0.1) is 24.9 Å². The quantitative estimate of drug-likeness (QED) is 0.524. The molecule has 70 valence electrons. The van der Waals surface area contributed by atoms with Crippen molar-refractivity contribution < 1.29 is 9.59 Å². The molecule has 0 aliphatic carbocycles. The number of nitrogens with one attached hydrogen (secondary N) is 1. The van der Waals surface area contributed by atoms with Crippen LogP contribution < -0.4 is 11.5 Å². The second kappa shape index (κ2) is 3.70. The first-order valence-electron chi connectivity index (χ1n) is 3.67. The average Bonchev–Trinajstić information content (AvgIpc) is 2.34. The minimum Gasteiger partial charge on any atom is -0.369 e. The lowest BCUT2D eigenvalue weighted by atomic mass is 10.2. The van der Waals surface area contributed by atoms with Crippen molar-refractivity contribution in [3.63, 3.8) is 0 Å². The minimum absolute atomic E-state index is 0.0200. The lowest BCUT2D eigenvalue weighted by Gasteiger charge is -1.96. The molecule has 1 aromatic heterocycles. The Kier molecular flexibility index (Phi) is 2.63. The zero-order valence-corrected chi connectivity index (χ0v) is 6.91. The van der Waals surface area contributed by atoms with Crippen LogP contribution in [0.5, 0.6) is 0 Å². The number of aromatic amines is 1. The van der Waals surface area contributed by atoms with E-state index in [9.17, 15) is 9.59 Å². The van der Waals surface area contributed by atoms with Crippen molar-refractivity contribution in [3.05, 3.63) is 17.7 Å². The summed E-state index contributed by atoms with van der Waals surface area (Å²) in [6.45, 7) is 0. The van der Waals surface area contributed by atoms with E-state index in [0.29, 0.717) is 11.4 Å². The lowest BCUT2D eigenvalue weighted by molar-refractivity contribution is -0.118. The SMILES string of the molecule is NC(=O)Cc1nc[nH]c1CC(N)=O. The molecule has 0 saturated heterocycles. The van der Waals surface area contributed by atoms with E-state index >= 15 is 0 Å². The molecule has 1 heterocycles. The maximum atomic E-state index is 10.6. The summed E-state index contributed by atoms with van der Waals surface area (Å²) in [5, 5.41) is 0. The molecule has 6 heteroatoms. The first kappa shape index (κ1) is 9.24. The van der Waals surface area contributed by atoms with Gasteiger partial charge in [0.1, 0.15) is 0 Å². The summed E-state index contributed by atoms with van der Waals surface area (Å²) in [7, 11) is 0. The first-order valence-corrected chi connectivity index (χ1v) is 3.67. The normalized spacial score (nSPS) is 9.85. The number of amides is 2. The summed E-state index contributed by atoms with van der Waals surface area (Å²) in [4.78, 5) is 27.7. The average molecular weight is 182 g/mol. The predicted molar refractivity (Wildman–Crippen MR) is 44.4 cm³/mol. The highest BCUT2D eigenvalue weighted by atomic mass is 16.1. The van der Waals surface area contributed by atoms with Crippen LogP contribution in [-0.2, 0) is 22.4 Å². The van der Waals surface area contributed by atoms with E-state index in [1.807, 2.05) is 0 Å². The van der Waals surface area contributed by atoms with E-state index in [2.05, 4.69) is 9.97 Å². The van der Waals surface area contributed by atoms with Gasteiger partial charge in [-0.2, -0.15) is 0 Å². The van der Waals surface area contributed by atoms with Gasteiger partial charge in [0, 0.05) is 5.69 Å². The molecule has 0 atom stereocenters. The van der Waals surface area contributed by atoms with Crippen molar-refractivity contribution >= 4 is 11.8 Å². The van der Waals surface area contributed by atoms with Gasteiger partial charge in [-0.3, -0.25) is 9.59 Å². The van der Waals surface area contributed by atoms with Crippen LogP contribution in [0.25, 0.3) is 0 Å². The van der Waals surface area contributed by atoms with Crippen LogP contribution in [0.15, 0.2) is 6.33 Å². The highest BCUT2D eigenvalue weighted by molar-refractivity contribution is 5.79. The molecular formula is C7H10N4O2. The highest BCUT2D eigenvalue weighted by Crippen LogP contribution is 2.03. The van der Waals surface area contributed by atoms with Crippen LogP contribution in [0, 0.1) is 0 Å². The summed E-state index contributed by atoms with van der Waals surface area (Å²) >= 11 is 0. The summed E-state index contributed by atoms with van der Waals surface area (Å²) in [6.07, 6.45) is 1.46. The molecule has 0 saturated carbocycles. The molecule has 0 aliphatic rings. The Morgan fingerprint density at radius 1 is 1.31 bits per heavy atom. The van der Waals surface area contributed by atoms with Gasteiger partial charge in [0.15, 0.2) is 0 Å². The smallest absolute Gasteiger partial charge is 0.223 e. The van der Waals surface area contributed by atoms with Crippen LogP contribution in [0.2, 0.25) is 0 Å². The van der Waals surface area contributed by atoms with Gasteiger partial charge in [0.2, 0.25) is 11.8 Å². The maximum Gasteiger partial charge on any atom is 0.223 e. The Morgan fingerprint density at radius 3 is 2.46 bits per heavy atom. The van der Waals surface area contributed by atoms with Crippen LogP contribution in [0.1, 0.15) is 11.4 Å². The number of aromatic nitrogens is 2. The van der Waals surface area contributed by atoms with E-state index in [1.54, 1.807) is 0 Å². The van der Waals surface area contributed by atoms with Gasteiger partial charge >= 0.3 is 0 Å². The molecule has 0 aromatic carbocycles. The van der Waals surface area contributed by atoms with Crippen LogP contribution in [0.3, 0.4) is 0 Å². The van der Waals surface area contributed by atoms with Crippen molar-refractivity contribution in [2.75, 3.05) is 0 Å². The highest BCUT2D eigenvalue weighted by Gasteiger charge is 2.09. The monoisotopic (exact) mass is 182 g/mol. The predicted octanol–water partition coefficient (Wildman–Crippen LogP) is -1.53. The molecule has 13 heavy (non-hydrogen) atoms. The number of carbonyl (C=O) groups is 2. The number of H-pyrrole nitrogens is 1. The molecule has 5 N–H and O–H groups in total. The van der Waals surface area contributed by atoms with E-state index in [4.69, 9.17) is 11.5 Å². The van der Waals surface area contributed by atoms with Gasteiger partial charge in [0.25, 0.3) is 0 Å². The first-order chi connectivity index (χ1) is 6.09. The molecule has 6 nitrogen and oxygen atoms in total. The summed E-state index contributed by atoms with van der Waals surface area (Å²) in [5.41, 5.74) is 11.0. The maximum absolute atomic E-state index is 10.6. The third kappa shape index (κ3) is 2.58. The van der Waals surface area contributed by atoms with Gasteiger partial charge in [-0.15, -0.1) is 0 Å². The standard InChI is InChI=1S/C7H10N4O2/c8-6(12)1-4-5(2-7(9)13)11-3-10-4/h3H,1-2H2,(H2,8,12)(H2,9,13)(H,10,11). The Labute approximate surface area is 74.3 Å². The third-order valence-corrected chi connectivity index (χ3v) is 1.50. The van der Waals surface area contributed by atoms with Crippen molar-refractivity contribution in [2.24, 2.45) is 11.5 Å². The van der Waals surface area contributed by atoms with Crippen molar-refractivity contribution in [1.29, 1.82) is 0 Å². The Bertz CT molecular complexity index is 300. The Hall–Kier alpha value is -1.85. The fourth-order valence-electron chi connectivity index (χ4n) is 0.994. The Morgan fingerprint density at radius 2 is 1.92 bits per heavy atom. The fraction of sp³-hybridized carbons (Fsp3) is 0.286. The zero-order chi connectivity index (χ0) is 9.84. The molecule has 2 amide bonds. The van der Waals surface area contributed by atoms with Crippen LogP contribution >= 0.6 is 0 Å². The van der Waals surface area contributed by atoms with Gasteiger partial charge in [-0.1, -0.05) is 0 Å². The fourth-order valence-corrected chi connectivity index (χ4v) is 0.994. The van der Waals surface area contributed by atoms with E-state index in [-0.39, 0.29) is 12.8 Å². The van der Waals surface area contributed by atoms with Gasteiger partial charge in [-0.25, -0.2) is 4.98 Å². The molecule has 0 radical (unpaired) electrons. The molecule has 1 rings (SSSR count). The molecular weight excluding hydrogens is 172 g/mol. The van der Waals surface area contributed by atoms with E-state index in [0.717, 1.165) is 0 Å². The number of nitrogens with zero attached hydrogens (tertiary/aromatic N) is 1. The molecule has 0 aliphatic heterocycles. The molecule has 0 fully saturated rings. The van der Waals surface area contributed by atoms with E-state index in [1.165, 1.54) is 6.33 Å². The largest absolute Gasteiger partial charge is 0.369 e. The number of hydrogen-bond acceptors (Lipinski definition) is 3. The number of hydrogen-bond donors (Lipinski definition) is 3. The summed E-state index contributed by atoms with van der Waals surface area (Å²) in [6, 6.07) is 0. The molecule has 1 aromatic rings. The van der Waals surface area contributed by atoms with E-state index < -0.39 is 11.8 Å². The van der Waals surface area contributed by atoms with Crippen molar-refractivity contribution in [3.8, 4) is 0 Å². The summed E-state index contributed by atoms with van der Waals surface area (Å²) < 4.78 is 0. The zero-order valence-electron chi connectivity index (χ0n) is 6.91. The number of carbonyl (C=O) groups excluding carboxylic acids is 2. The second-order valence-corrected chi connectivity index (χ2v) is 2.61. The number of nitrogens with two attached hydrogens (primary N) is 2. The topological polar surface area (TPSA) is 115 Å². The Balaban J connectivity index is 2.76. The third-order valence-electron chi connectivity index (χ3n) is 1.50. The minimum atomic E-state index is -0.488. The second-order valence-electron chi connectivity index (χ2n) is 2.61. The molecule has 0 bridgehead atoms. The lowest BCUT2D eigenvalue weighted by Crippen LogP contribution is -2.18. The van der Waals surface area contributed by atoms with Gasteiger partial charge in [-0.05, 0) is 0 Å². The molecule has 0 spiro atoms. The number of rotatable bonds is 4. The van der Waals surface area contributed by atoms with Crippen LogP contribution in [0.4, 0.5) is 0 Å². The van der Waals surface area contributed by atoms with Crippen molar-refractivity contribution in [1.82, 2.24) is 9.97 Å². The molecule has 0 unspecified atom stereocenters. The van der Waals surface area contributed by atoms with Crippen molar-refractivity contribution in [2.45, 2.75) is 12.8 Å². The van der Waals surface area contributed by atoms with Gasteiger partial charge < -0.3 is 16.5 Å². The van der Waals surface area contributed by atoms with Crippen LogP contribution in [-0.4, -0.2) is 21.8 Å².